The minimum Gasteiger partial charge on any atom is -0.393 e. The van der Waals surface area contributed by atoms with Crippen LogP contribution in [0.1, 0.15) is 35.3 Å². The molecule has 0 aliphatic carbocycles. The van der Waals surface area contributed by atoms with Crippen molar-refractivity contribution in [2.75, 3.05) is 26.2 Å². The molecular weight excluding hydrogens is 308 g/mol. The van der Waals surface area contributed by atoms with Gasteiger partial charge in [-0.3, -0.25) is 9.59 Å². The van der Waals surface area contributed by atoms with Crippen LogP contribution < -0.4 is 0 Å². The lowest BCUT2D eigenvalue weighted by Crippen LogP contribution is -2.52. The first-order valence-corrected chi connectivity index (χ1v) is 8.31. The van der Waals surface area contributed by atoms with E-state index in [0.29, 0.717) is 31.7 Å². The third-order valence-electron chi connectivity index (χ3n) is 4.76. The van der Waals surface area contributed by atoms with E-state index in [2.05, 4.69) is 0 Å². The van der Waals surface area contributed by atoms with Crippen LogP contribution in [0.25, 0.3) is 0 Å². The van der Waals surface area contributed by atoms with Crippen molar-refractivity contribution in [3.8, 4) is 0 Å². The van der Waals surface area contributed by atoms with Crippen LogP contribution in [-0.2, 0) is 11.4 Å². The van der Waals surface area contributed by atoms with Crippen molar-refractivity contribution in [1.29, 1.82) is 0 Å². The molecule has 2 unspecified atom stereocenters. The highest BCUT2D eigenvalue weighted by Crippen LogP contribution is 2.16. The molecular formula is C18H26N2O4. The monoisotopic (exact) mass is 334 g/mol. The molecule has 1 aliphatic heterocycles. The summed E-state index contributed by atoms with van der Waals surface area (Å²) in [5, 5.41) is 18.9. The number of carbonyl (C=O) groups excluding carboxylic acids is 2. The third kappa shape index (κ3) is 3.94. The van der Waals surface area contributed by atoms with Crippen molar-refractivity contribution in [3.63, 3.8) is 0 Å². The summed E-state index contributed by atoms with van der Waals surface area (Å²) in [5.74, 6) is -0.591. The molecule has 0 spiro atoms. The van der Waals surface area contributed by atoms with Crippen LogP contribution in [0.2, 0.25) is 0 Å². The molecule has 2 atom stereocenters. The number of aliphatic hydroxyl groups is 2. The lowest BCUT2D eigenvalue weighted by molar-refractivity contribution is -0.139. The van der Waals surface area contributed by atoms with Crippen molar-refractivity contribution < 1.29 is 19.8 Å². The normalized spacial score (nSPS) is 17.5. The Balaban J connectivity index is 1.99. The molecule has 0 saturated carbocycles. The van der Waals surface area contributed by atoms with Crippen molar-refractivity contribution in [3.05, 3.63) is 34.9 Å². The van der Waals surface area contributed by atoms with Crippen molar-refractivity contribution >= 4 is 11.8 Å². The van der Waals surface area contributed by atoms with Crippen molar-refractivity contribution in [1.82, 2.24) is 9.80 Å². The van der Waals surface area contributed by atoms with Crippen LogP contribution in [0, 0.1) is 12.8 Å². The molecule has 1 aromatic rings. The minimum atomic E-state index is -0.679. The van der Waals surface area contributed by atoms with Gasteiger partial charge in [-0.2, -0.15) is 0 Å². The van der Waals surface area contributed by atoms with Crippen LogP contribution in [-0.4, -0.2) is 64.1 Å². The lowest BCUT2D eigenvalue weighted by Gasteiger charge is -2.36. The summed E-state index contributed by atoms with van der Waals surface area (Å²) in [4.78, 5) is 28.3. The number of hydrogen-bond acceptors (Lipinski definition) is 4. The summed E-state index contributed by atoms with van der Waals surface area (Å²) in [6, 6.07) is 5.33. The first-order chi connectivity index (χ1) is 11.3. The quantitative estimate of drug-likeness (QED) is 0.853. The van der Waals surface area contributed by atoms with E-state index in [1.165, 1.54) is 0 Å². The number of nitrogens with zero attached hydrogens (tertiary/aromatic N) is 2. The maximum absolute atomic E-state index is 12.6. The summed E-state index contributed by atoms with van der Waals surface area (Å²) >= 11 is 0. The molecule has 2 amide bonds. The molecule has 24 heavy (non-hydrogen) atoms. The van der Waals surface area contributed by atoms with Gasteiger partial charge in [0.1, 0.15) is 0 Å². The van der Waals surface area contributed by atoms with Crippen LogP contribution in [0.4, 0.5) is 0 Å². The second-order valence-corrected chi connectivity index (χ2v) is 6.45. The van der Waals surface area contributed by atoms with Gasteiger partial charge in [-0.25, -0.2) is 0 Å². The van der Waals surface area contributed by atoms with Gasteiger partial charge in [0.2, 0.25) is 5.91 Å². The van der Waals surface area contributed by atoms with E-state index in [4.69, 9.17) is 0 Å². The van der Waals surface area contributed by atoms with Gasteiger partial charge in [0.05, 0.1) is 18.6 Å². The Morgan fingerprint density at radius 2 is 1.71 bits per heavy atom. The molecule has 1 saturated heterocycles. The number of aliphatic hydroxyl groups excluding tert-OH is 2. The highest BCUT2D eigenvalue weighted by molar-refractivity contribution is 5.94. The maximum atomic E-state index is 12.6. The van der Waals surface area contributed by atoms with Crippen LogP contribution >= 0.6 is 0 Å². The zero-order chi connectivity index (χ0) is 17.9. The molecule has 0 radical (unpaired) electrons. The van der Waals surface area contributed by atoms with Crippen molar-refractivity contribution in [2.24, 2.45) is 5.92 Å². The highest BCUT2D eigenvalue weighted by Gasteiger charge is 2.29. The Kier molecular flexibility index (Phi) is 5.96. The second kappa shape index (κ2) is 7.77. The summed E-state index contributed by atoms with van der Waals surface area (Å²) < 4.78 is 0. The van der Waals surface area contributed by atoms with E-state index in [0.717, 1.165) is 11.1 Å². The van der Waals surface area contributed by atoms with Crippen molar-refractivity contribution in [2.45, 2.75) is 33.5 Å². The van der Waals surface area contributed by atoms with Gasteiger partial charge in [-0.15, -0.1) is 0 Å². The van der Waals surface area contributed by atoms with Gasteiger partial charge in [-0.1, -0.05) is 13.0 Å². The van der Waals surface area contributed by atoms with E-state index in [1.54, 1.807) is 35.8 Å². The lowest BCUT2D eigenvalue weighted by atomic mass is 10.0. The summed E-state index contributed by atoms with van der Waals surface area (Å²) in [5.41, 5.74) is 2.26. The number of hydrogen-bond donors (Lipinski definition) is 2. The Morgan fingerprint density at radius 3 is 2.25 bits per heavy atom. The number of benzene rings is 1. The number of rotatable bonds is 4. The SMILES string of the molecule is Cc1ccc(C(=O)N2CCN(C(=O)C(C)C(C)O)CC2)cc1CO. The Morgan fingerprint density at radius 1 is 1.12 bits per heavy atom. The number of amides is 2. The summed E-state index contributed by atoms with van der Waals surface area (Å²) in [7, 11) is 0. The molecule has 2 rings (SSSR count). The van der Waals surface area contributed by atoms with Gasteiger partial charge < -0.3 is 20.0 Å². The molecule has 2 N–H and O–H groups in total. The predicted octanol–water partition coefficient (Wildman–Crippen LogP) is 0.789. The predicted molar refractivity (Wildman–Crippen MR) is 90.4 cm³/mol. The molecule has 1 aliphatic rings. The molecule has 6 nitrogen and oxygen atoms in total. The fraction of sp³-hybridized carbons (Fsp3) is 0.556. The van der Waals surface area contributed by atoms with E-state index in [-0.39, 0.29) is 18.4 Å². The Bertz CT molecular complexity index is 607. The van der Waals surface area contributed by atoms with E-state index < -0.39 is 12.0 Å². The van der Waals surface area contributed by atoms with Gasteiger partial charge >= 0.3 is 0 Å². The van der Waals surface area contributed by atoms with Gasteiger partial charge in [0, 0.05) is 31.7 Å². The molecule has 0 aromatic heterocycles. The van der Waals surface area contributed by atoms with Crippen LogP contribution in [0.15, 0.2) is 18.2 Å². The summed E-state index contributed by atoms with van der Waals surface area (Å²) in [6.07, 6.45) is -0.679. The first kappa shape index (κ1) is 18.4. The first-order valence-electron chi connectivity index (χ1n) is 8.31. The largest absolute Gasteiger partial charge is 0.393 e. The van der Waals surface area contributed by atoms with Crippen LogP contribution in [0.5, 0.6) is 0 Å². The zero-order valence-electron chi connectivity index (χ0n) is 14.5. The average Bonchev–Trinajstić information content (AvgIpc) is 2.60. The van der Waals surface area contributed by atoms with E-state index in [9.17, 15) is 19.8 Å². The van der Waals surface area contributed by atoms with E-state index in [1.807, 2.05) is 13.0 Å². The number of aryl methyl sites for hydroxylation is 1. The Labute approximate surface area is 142 Å². The standard InChI is InChI=1S/C18H26N2O4/c1-12-4-5-15(10-16(12)11-21)18(24)20-8-6-19(7-9-20)17(23)13(2)14(3)22/h4-5,10,13-14,21-22H,6-9,11H2,1-3H3. The third-order valence-corrected chi connectivity index (χ3v) is 4.76. The fourth-order valence-electron chi connectivity index (χ4n) is 2.78. The van der Waals surface area contributed by atoms with Crippen LogP contribution in [0.3, 0.4) is 0 Å². The maximum Gasteiger partial charge on any atom is 0.253 e. The highest BCUT2D eigenvalue weighted by atomic mass is 16.3. The molecule has 0 bridgehead atoms. The summed E-state index contributed by atoms with van der Waals surface area (Å²) in [6.45, 7) is 7.02. The smallest absolute Gasteiger partial charge is 0.253 e. The molecule has 6 heteroatoms. The second-order valence-electron chi connectivity index (χ2n) is 6.45. The van der Waals surface area contributed by atoms with Gasteiger partial charge in [-0.05, 0) is 37.1 Å². The minimum absolute atomic E-state index is 0.0741. The molecule has 132 valence electrons. The molecule has 1 aromatic carbocycles. The van der Waals surface area contributed by atoms with E-state index >= 15 is 0 Å². The number of carbonyl (C=O) groups is 2. The average molecular weight is 334 g/mol. The molecule has 1 fully saturated rings. The molecule has 1 heterocycles. The zero-order valence-corrected chi connectivity index (χ0v) is 14.5. The fourth-order valence-corrected chi connectivity index (χ4v) is 2.78. The van der Waals surface area contributed by atoms with Gasteiger partial charge in [0.25, 0.3) is 5.91 Å². The van der Waals surface area contributed by atoms with Gasteiger partial charge in [0.15, 0.2) is 0 Å². The number of piperazine rings is 1. The Hall–Kier alpha value is -1.92. The topological polar surface area (TPSA) is 81.1 Å².